The molecule has 0 unspecified atom stereocenters. The summed E-state index contributed by atoms with van der Waals surface area (Å²) < 4.78 is 36.3. The van der Waals surface area contributed by atoms with Crippen LogP contribution in [0.5, 0.6) is 0 Å². The summed E-state index contributed by atoms with van der Waals surface area (Å²) in [6, 6.07) is 9.96. The van der Waals surface area contributed by atoms with Crippen LogP contribution in [0.1, 0.15) is 18.2 Å². The molecule has 13 heteroatoms. The summed E-state index contributed by atoms with van der Waals surface area (Å²) in [4.78, 5) is 8.51. The van der Waals surface area contributed by atoms with Gasteiger partial charge in [0.2, 0.25) is 0 Å². The molecular formula is C21H23N7O5S. The van der Waals surface area contributed by atoms with E-state index in [1.54, 1.807) is 10.8 Å². The Hall–Kier alpha value is -3.36. The van der Waals surface area contributed by atoms with E-state index in [1.165, 1.54) is 6.33 Å². The Balaban J connectivity index is 1.46. The smallest absolute Gasteiger partial charge is 0.333 e. The fourth-order valence-electron chi connectivity index (χ4n) is 4.10. The summed E-state index contributed by atoms with van der Waals surface area (Å²) in [5, 5.41) is 20.4. The molecule has 5 N–H and O–H groups in total. The molecule has 0 aliphatic carbocycles. The molecule has 12 nitrogen and oxygen atoms in total. The van der Waals surface area contributed by atoms with Crippen molar-refractivity contribution < 1.29 is 22.4 Å². The summed E-state index contributed by atoms with van der Waals surface area (Å²) >= 11 is 0. The molecule has 1 aromatic carbocycles. The number of fused-ring (bicyclic) bond motifs is 1. The molecule has 5 rings (SSSR count). The van der Waals surface area contributed by atoms with Gasteiger partial charge in [-0.3, -0.25) is 8.86 Å². The lowest BCUT2D eigenvalue weighted by molar-refractivity contribution is -0.0369. The molecule has 4 heterocycles. The van der Waals surface area contributed by atoms with Gasteiger partial charge in [0, 0.05) is 29.9 Å². The zero-order valence-corrected chi connectivity index (χ0v) is 18.7. The van der Waals surface area contributed by atoms with E-state index in [0.717, 1.165) is 16.7 Å². The molecular weight excluding hydrogens is 462 g/mol. The Labute approximate surface area is 195 Å². The van der Waals surface area contributed by atoms with Crippen LogP contribution in [-0.4, -0.2) is 56.7 Å². The van der Waals surface area contributed by atoms with Gasteiger partial charge in [0.25, 0.3) is 0 Å². The standard InChI is InChI=1S/C21H23N7O5S/c22-20-19-15(14-7-26-27(9-14)8-13-4-2-1-3-5-13)10-28(21(19)25-12-24-20)18-6-16(29)17(33-18)11-32-34(23,30)31/h1-5,7,9-10,12,16-18,29H,6,8,11H2,(H2,22,24,25)(H2,23,30,31)/t16-,17+,18+/m0/s1. The Morgan fingerprint density at radius 1 is 1.21 bits per heavy atom. The number of aromatic nitrogens is 5. The molecule has 3 atom stereocenters. The van der Waals surface area contributed by atoms with Crippen LogP contribution in [-0.2, 0) is 25.8 Å². The SMILES string of the molecule is Nc1ncnc2c1c(-c1cnn(Cc3ccccc3)c1)cn2[C@H]1C[C@H](O)[C@@H](COS(N)(=O)=O)O1. The molecule has 0 spiro atoms. The van der Waals surface area contributed by atoms with Crippen molar-refractivity contribution in [1.29, 1.82) is 0 Å². The third-order valence-electron chi connectivity index (χ3n) is 5.68. The molecule has 1 fully saturated rings. The van der Waals surface area contributed by atoms with Gasteiger partial charge < -0.3 is 20.1 Å². The predicted octanol–water partition coefficient (Wildman–Crippen LogP) is 0.794. The van der Waals surface area contributed by atoms with Gasteiger partial charge >= 0.3 is 10.3 Å². The monoisotopic (exact) mass is 485 g/mol. The van der Waals surface area contributed by atoms with Crippen LogP contribution in [0.4, 0.5) is 5.82 Å². The fraction of sp³-hybridized carbons (Fsp3) is 0.286. The lowest BCUT2D eigenvalue weighted by Gasteiger charge is -2.15. The van der Waals surface area contributed by atoms with Gasteiger partial charge in [0.15, 0.2) is 0 Å². The van der Waals surface area contributed by atoms with Gasteiger partial charge in [0.1, 0.15) is 30.1 Å². The first-order valence-corrected chi connectivity index (χ1v) is 11.9. The summed E-state index contributed by atoms with van der Waals surface area (Å²) in [5.41, 5.74) is 9.41. The van der Waals surface area contributed by atoms with Crippen LogP contribution in [0.15, 0.2) is 55.2 Å². The Kier molecular flexibility index (Phi) is 5.79. The summed E-state index contributed by atoms with van der Waals surface area (Å²) in [7, 11) is -4.15. The third-order valence-corrected chi connectivity index (χ3v) is 6.15. The number of rotatable bonds is 7. The maximum Gasteiger partial charge on any atom is 0.333 e. The lowest BCUT2D eigenvalue weighted by Crippen LogP contribution is -2.30. The summed E-state index contributed by atoms with van der Waals surface area (Å²) in [6.45, 7) is 0.209. The number of anilines is 1. The highest BCUT2D eigenvalue weighted by atomic mass is 32.2. The molecule has 1 aliphatic heterocycles. The first-order valence-electron chi connectivity index (χ1n) is 10.5. The minimum absolute atomic E-state index is 0.193. The van der Waals surface area contributed by atoms with Gasteiger partial charge in [-0.15, -0.1) is 0 Å². The van der Waals surface area contributed by atoms with Gasteiger partial charge in [-0.25, -0.2) is 15.1 Å². The minimum Gasteiger partial charge on any atom is -0.390 e. The van der Waals surface area contributed by atoms with E-state index in [1.807, 2.05) is 47.4 Å². The number of nitrogen functional groups attached to an aromatic ring is 1. The maximum absolute atomic E-state index is 11.1. The highest BCUT2D eigenvalue weighted by molar-refractivity contribution is 7.84. The molecule has 34 heavy (non-hydrogen) atoms. The zero-order chi connectivity index (χ0) is 23.9. The molecule has 178 valence electrons. The molecule has 3 aromatic heterocycles. The van der Waals surface area contributed by atoms with E-state index in [2.05, 4.69) is 19.2 Å². The van der Waals surface area contributed by atoms with Gasteiger partial charge in [-0.05, 0) is 5.56 Å². The second kappa shape index (κ2) is 8.77. The molecule has 0 amide bonds. The molecule has 0 bridgehead atoms. The van der Waals surface area contributed by atoms with Crippen molar-refractivity contribution in [2.24, 2.45) is 5.14 Å². The van der Waals surface area contributed by atoms with E-state index in [0.29, 0.717) is 23.4 Å². The molecule has 1 aliphatic rings. The van der Waals surface area contributed by atoms with Gasteiger partial charge in [0.05, 0.1) is 30.8 Å². The largest absolute Gasteiger partial charge is 0.390 e. The van der Waals surface area contributed by atoms with Crippen LogP contribution >= 0.6 is 0 Å². The van der Waals surface area contributed by atoms with Crippen LogP contribution in [0.3, 0.4) is 0 Å². The number of nitrogens with two attached hydrogens (primary N) is 2. The highest BCUT2D eigenvalue weighted by Crippen LogP contribution is 2.38. The van der Waals surface area contributed by atoms with Crippen molar-refractivity contribution in [3.63, 3.8) is 0 Å². The number of hydrogen-bond acceptors (Lipinski definition) is 9. The van der Waals surface area contributed by atoms with Crippen molar-refractivity contribution >= 4 is 27.2 Å². The fourth-order valence-corrected chi connectivity index (χ4v) is 4.43. The average Bonchev–Trinajstić information content (AvgIpc) is 3.50. The van der Waals surface area contributed by atoms with Crippen molar-refractivity contribution in [3.05, 3.63) is 60.8 Å². The van der Waals surface area contributed by atoms with E-state index >= 15 is 0 Å². The van der Waals surface area contributed by atoms with Crippen LogP contribution < -0.4 is 10.9 Å². The number of ether oxygens (including phenoxy) is 1. The van der Waals surface area contributed by atoms with Crippen molar-refractivity contribution in [1.82, 2.24) is 24.3 Å². The second-order valence-corrected chi connectivity index (χ2v) is 9.25. The zero-order valence-electron chi connectivity index (χ0n) is 17.9. The Morgan fingerprint density at radius 3 is 2.76 bits per heavy atom. The second-order valence-electron chi connectivity index (χ2n) is 8.03. The number of benzene rings is 1. The lowest BCUT2D eigenvalue weighted by atomic mass is 10.1. The normalized spacial score (nSPS) is 20.8. The highest BCUT2D eigenvalue weighted by Gasteiger charge is 2.37. The topological polar surface area (TPSA) is 173 Å². The molecule has 0 radical (unpaired) electrons. The summed E-state index contributed by atoms with van der Waals surface area (Å²) in [5.74, 6) is 0.294. The summed E-state index contributed by atoms with van der Waals surface area (Å²) in [6.07, 6.45) is 4.54. The number of aliphatic hydroxyl groups is 1. The minimum atomic E-state index is -4.15. The number of nitrogens with zero attached hydrogens (tertiary/aromatic N) is 5. The van der Waals surface area contributed by atoms with E-state index in [9.17, 15) is 13.5 Å². The average molecular weight is 486 g/mol. The van der Waals surface area contributed by atoms with Gasteiger partial charge in [-0.2, -0.15) is 13.5 Å². The van der Waals surface area contributed by atoms with Crippen molar-refractivity contribution in [2.45, 2.75) is 31.4 Å². The van der Waals surface area contributed by atoms with E-state index in [4.69, 9.17) is 15.6 Å². The van der Waals surface area contributed by atoms with Crippen molar-refractivity contribution in [2.75, 3.05) is 12.3 Å². The van der Waals surface area contributed by atoms with Crippen LogP contribution in [0, 0.1) is 0 Å². The molecule has 0 saturated carbocycles. The van der Waals surface area contributed by atoms with Crippen molar-refractivity contribution in [3.8, 4) is 11.1 Å². The first kappa shape index (κ1) is 22.4. The van der Waals surface area contributed by atoms with Gasteiger partial charge in [-0.1, -0.05) is 30.3 Å². The van der Waals surface area contributed by atoms with E-state index < -0.39 is 35.3 Å². The number of hydrogen-bond donors (Lipinski definition) is 3. The Morgan fingerprint density at radius 2 is 2.00 bits per heavy atom. The maximum atomic E-state index is 11.1. The molecule has 4 aromatic rings. The number of aliphatic hydroxyl groups excluding tert-OH is 1. The Bertz CT molecular complexity index is 1420. The van der Waals surface area contributed by atoms with Crippen LogP contribution in [0.2, 0.25) is 0 Å². The predicted molar refractivity (Wildman–Crippen MR) is 122 cm³/mol. The quantitative estimate of drug-likeness (QED) is 0.342. The first-order chi connectivity index (χ1) is 16.3. The third kappa shape index (κ3) is 4.51. The van der Waals surface area contributed by atoms with E-state index in [-0.39, 0.29) is 6.42 Å². The van der Waals surface area contributed by atoms with Crippen LogP contribution in [0.25, 0.3) is 22.2 Å². The molecule has 1 saturated heterocycles.